The maximum atomic E-state index is 13.6. The molecule has 0 atom stereocenters. The SMILES string of the molecule is NNC(=O)c1ccc(COc2ccc([N+](=O)[O-])cc2F)s1. The monoisotopic (exact) mass is 311 g/mol. The standard InChI is InChI=1S/C12H10FN3O4S/c13-9-5-7(16(18)19)1-3-10(9)20-6-8-2-4-11(21-8)12(17)15-14/h1-5H,6,14H2,(H,15,17). The molecule has 1 aromatic carbocycles. The first-order valence-electron chi connectivity index (χ1n) is 5.67. The number of nitro benzene ring substituents is 1. The van der Waals surface area contributed by atoms with E-state index in [-0.39, 0.29) is 18.0 Å². The zero-order chi connectivity index (χ0) is 15.4. The number of nitrogens with one attached hydrogen (secondary N) is 1. The molecule has 3 N–H and O–H groups in total. The van der Waals surface area contributed by atoms with Crippen molar-refractivity contribution in [2.24, 2.45) is 5.84 Å². The fourth-order valence-corrected chi connectivity index (χ4v) is 2.34. The molecule has 0 aliphatic heterocycles. The molecule has 0 aliphatic rings. The van der Waals surface area contributed by atoms with Crippen LogP contribution in [0.25, 0.3) is 0 Å². The molecule has 7 nitrogen and oxygen atoms in total. The zero-order valence-corrected chi connectivity index (χ0v) is 11.4. The Balaban J connectivity index is 2.04. The lowest BCUT2D eigenvalue weighted by Gasteiger charge is -2.05. The van der Waals surface area contributed by atoms with Crippen molar-refractivity contribution in [1.82, 2.24) is 5.43 Å². The Hall–Kier alpha value is -2.52. The van der Waals surface area contributed by atoms with Crippen molar-refractivity contribution >= 4 is 22.9 Å². The van der Waals surface area contributed by atoms with Crippen LogP contribution in [0.4, 0.5) is 10.1 Å². The number of halogens is 1. The quantitative estimate of drug-likeness (QED) is 0.380. The van der Waals surface area contributed by atoms with Crippen LogP contribution in [-0.2, 0) is 6.61 Å². The van der Waals surface area contributed by atoms with Crippen LogP contribution in [0, 0.1) is 15.9 Å². The van der Waals surface area contributed by atoms with Crippen molar-refractivity contribution in [2.75, 3.05) is 0 Å². The number of non-ortho nitro benzene ring substituents is 1. The van der Waals surface area contributed by atoms with Crippen molar-refractivity contribution in [3.8, 4) is 5.75 Å². The summed E-state index contributed by atoms with van der Waals surface area (Å²) >= 11 is 1.15. The third-order valence-electron chi connectivity index (χ3n) is 2.51. The van der Waals surface area contributed by atoms with Crippen LogP contribution in [0.1, 0.15) is 14.5 Å². The number of nitrogen functional groups attached to an aromatic ring is 1. The molecule has 110 valence electrons. The molecular weight excluding hydrogens is 301 g/mol. The number of nitrogens with two attached hydrogens (primary N) is 1. The number of amides is 1. The summed E-state index contributed by atoms with van der Waals surface area (Å²) in [6, 6.07) is 6.35. The van der Waals surface area contributed by atoms with Gasteiger partial charge in [-0.1, -0.05) is 0 Å². The van der Waals surface area contributed by atoms with Crippen molar-refractivity contribution in [3.63, 3.8) is 0 Å². The minimum absolute atomic E-state index is 0.0389. The summed E-state index contributed by atoms with van der Waals surface area (Å²) in [4.78, 5) is 22.2. The number of nitrogens with zero attached hydrogens (tertiary/aromatic N) is 1. The van der Waals surface area contributed by atoms with Crippen molar-refractivity contribution in [3.05, 3.63) is 56.0 Å². The van der Waals surface area contributed by atoms with E-state index in [0.717, 1.165) is 23.5 Å². The highest BCUT2D eigenvalue weighted by atomic mass is 32.1. The number of ether oxygens (including phenoxy) is 1. The largest absolute Gasteiger partial charge is 0.485 e. The summed E-state index contributed by atoms with van der Waals surface area (Å²) in [7, 11) is 0. The van der Waals surface area contributed by atoms with E-state index in [4.69, 9.17) is 10.6 Å². The van der Waals surface area contributed by atoms with Gasteiger partial charge in [-0.3, -0.25) is 20.3 Å². The van der Waals surface area contributed by atoms with E-state index >= 15 is 0 Å². The van der Waals surface area contributed by atoms with Gasteiger partial charge >= 0.3 is 0 Å². The van der Waals surface area contributed by atoms with Crippen molar-refractivity contribution in [2.45, 2.75) is 6.61 Å². The number of nitro groups is 1. The first-order chi connectivity index (χ1) is 10.0. The Bertz CT molecular complexity index is 689. The second kappa shape index (κ2) is 6.29. The molecule has 21 heavy (non-hydrogen) atoms. The fourth-order valence-electron chi connectivity index (χ4n) is 1.52. The molecule has 1 heterocycles. The van der Waals surface area contributed by atoms with E-state index in [1.165, 1.54) is 6.07 Å². The number of benzene rings is 1. The van der Waals surface area contributed by atoms with Crippen LogP contribution in [0.15, 0.2) is 30.3 Å². The van der Waals surface area contributed by atoms with Gasteiger partial charge in [0, 0.05) is 10.9 Å². The third kappa shape index (κ3) is 3.52. The molecular formula is C12H10FN3O4S. The fraction of sp³-hybridized carbons (Fsp3) is 0.0833. The average Bonchev–Trinajstić information content (AvgIpc) is 2.93. The molecule has 0 saturated carbocycles. The lowest BCUT2D eigenvalue weighted by Crippen LogP contribution is -2.29. The van der Waals surface area contributed by atoms with Crippen LogP contribution >= 0.6 is 11.3 Å². The van der Waals surface area contributed by atoms with E-state index in [1.807, 2.05) is 5.43 Å². The first-order valence-corrected chi connectivity index (χ1v) is 6.49. The van der Waals surface area contributed by atoms with E-state index in [2.05, 4.69) is 0 Å². The summed E-state index contributed by atoms with van der Waals surface area (Å²) in [5.74, 6) is 3.67. The van der Waals surface area contributed by atoms with E-state index in [1.54, 1.807) is 12.1 Å². The summed E-state index contributed by atoms with van der Waals surface area (Å²) in [5, 5.41) is 10.5. The van der Waals surface area contributed by atoms with Crippen LogP contribution in [0.5, 0.6) is 5.75 Å². The lowest BCUT2D eigenvalue weighted by atomic mass is 10.3. The molecule has 2 rings (SSSR count). The summed E-state index contributed by atoms with van der Waals surface area (Å²) in [6.45, 7) is 0.0389. The van der Waals surface area contributed by atoms with Gasteiger partial charge in [-0.2, -0.15) is 0 Å². The molecule has 1 aromatic heterocycles. The highest BCUT2D eigenvalue weighted by Gasteiger charge is 2.13. The number of hydrazine groups is 1. The summed E-state index contributed by atoms with van der Waals surface area (Å²) < 4.78 is 18.8. The van der Waals surface area contributed by atoms with E-state index in [0.29, 0.717) is 9.75 Å². The summed E-state index contributed by atoms with van der Waals surface area (Å²) in [5.41, 5.74) is 1.65. The maximum Gasteiger partial charge on any atom is 0.275 e. The van der Waals surface area contributed by atoms with Crippen LogP contribution < -0.4 is 16.0 Å². The second-order valence-corrected chi connectivity index (χ2v) is 5.07. The Kier molecular flexibility index (Phi) is 4.45. The van der Waals surface area contributed by atoms with Crippen LogP contribution in [0.2, 0.25) is 0 Å². The number of hydrogen-bond acceptors (Lipinski definition) is 6. The smallest absolute Gasteiger partial charge is 0.275 e. The molecule has 0 fully saturated rings. The number of carbonyl (C=O) groups is 1. The predicted molar refractivity (Wildman–Crippen MR) is 73.4 cm³/mol. The molecule has 1 amide bonds. The highest BCUT2D eigenvalue weighted by Crippen LogP contribution is 2.24. The van der Waals surface area contributed by atoms with Gasteiger partial charge in [0.1, 0.15) is 6.61 Å². The molecule has 0 aliphatic carbocycles. The van der Waals surface area contributed by atoms with Gasteiger partial charge in [-0.05, 0) is 18.2 Å². The van der Waals surface area contributed by atoms with Crippen molar-refractivity contribution in [1.29, 1.82) is 0 Å². The maximum absolute atomic E-state index is 13.6. The minimum atomic E-state index is -0.819. The Morgan fingerprint density at radius 1 is 1.43 bits per heavy atom. The van der Waals surface area contributed by atoms with Gasteiger partial charge in [-0.15, -0.1) is 11.3 Å². The molecule has 0 radical (unpaired) electrons. The first kappa shape index (κ1) is 14.9. The number of rotatable bonds is 5. The topological polar surface area (TPSA) is 107 Å². The molecule has 2 aromatic rings. The average molecular weight is 311 g/mol. The molecule has 9 heteroatoms. The summed E-state index contributed by atoms with van der Waals surface area (Å²) in [6.07, 6.45) is 0. The molecule has 0 spiro atoms. The van der Waals surface area contributed by atoms with Gasteiger partial charge < -0.3 is 4.74 Å². The second-order valence-electron chi connectivity index (χ2n) is 3.90. The van der Waals surface area contributed by atoms with Crippen molar-refractivity contribution < 1.29 is 18.8 Å². The van der Waals surface area contributed by atoms with Gasteiger partial charge in [0.25, 0.3) is 11.6 Å². The number of carbonyl (C=O) groups excluding carboxylic acids is 1. The Labute approximate surface area is 122 Å². The minimum Gasteiger partial charge on any atom is -0.485 e. The Morgan fingerprint density at radius 2 is 2.19 bits per heavy atom. The molecule has 0 saturated heterocycles. The zero-order valence-electron chi connectivity index (χ0n) is 10.5. The number of thiophene rings is 1. The van der Waals surface area contributed by atoms with Crippen LogP contribution in [0.3, 0.4) is 0 Å². The molecule has 0 unspecified atom stereocenters. The van der Waals surface area contributed by atoms with E-state index < -0.39 is 16.6 Å². The predicted octanol–water partition coefficient (Wildman–Crippen LogP) is 1.98. The lowest BCUT2D eigenvalue weighted by molar-refractivity contribution is -0.385. The third-order valence-corrected chi connectivity index (χ3v) is 3.57. The molecule has 0 bridgehead atoms. The van der Waals surface area contributed by atoms with E-state index in [9.17, 15) is 19.3 Å². The van der Waals surface area contributed by atoms with Gasteiger partial charge in [0.05, 0.1) is 15.9 Å². The van der Waals surface area contributed by atoms with Gasteiger partial charge in [-0.25, -0.2) is 10.2 Å². The highest BCUT2D eigenvalue weighted by molar-refractivity contribution is 7.14. The van der Waals surface area contributed by atoms with Gasteiger partial charge in [0.15, 0.2) is 11.6 Å². The Morgan fingerprint density at radius 3 is 2.81 bits per heavy atom. The normalized spacial score (nSPS) is 10.2. The van der Waals surface area contributed by atoms with Gasteiger partial charge in [0.2, 0.25) is 0 Å². The van der Waals surface area contributed by atoms with Crippen LogP contribution in [-0.4, -0.2) is 10.8 Å². The number of hydrogen-bond donors (Lipinski definition) is 2.